The topological polar surface area (TPSA) is 65.1 Å². The number of ether oxygens (including phenoxy) is 1. The van der Waals surface area contributed by atoms with Gasteiger partial charge in [-0.15, -0.1) is 0 Å². The van der Waals surface area contributed by atoms with E-state index in [4.69, 9.17) is 10.6 Å². The number of imidazole rings is 1. The smallest absolute Gasteiger partial charge is 0.131 e. The Balaban J connectivity index is 2.32. The van der Waals surface area contributed by atoms with E-state index in [1.54, 1.807) is 13.3 Å². The van der Waals surface area contributed by atoms with Crippen molar-refractivity contribution < 1.29 is 4.74 Å². The van der Waals surface area contributed by atoms with Crippen LogP contribution in [0.25, 0.3) is 0 Å². The summed E-state index contributed by atoms with van der Waals surface area (Å²) >= 11 is 0. The molecule has 0 saturated carbocycles. The highest BCUT2D eigenvalue weighted by Gasteiger charge is 2.16. The molecule has 0 radical (unpaired) electrons. The van der Waals surface area contributed by atoms with Crippen LogP contribution in [-0.2, 0) is 7.05 Å². The van der Waals surface area contributed by atoms with Crippen molar-refractivity contribution >= 4 is 0 Å². The molecule has 5 heteroatoms. The second-order valence-corrected chi connectivity index (χ2v) is 3.77. The second-order valence-electron chi connectivity index (χ2n) is 3.77. The molecule has 1 unspecified atom stereocenters. The van der Waals surface area contributed by atoms with Crippen LogP contribution in [0.4, 0.5) is 0 Å². The molecule has 5 nitrogen and oxygen atoms in total. The number of nitrogens with zero attached hydrogens (tertiary/aromatic N) is 2. The van der Waals surface area contributed by atoms with Crippen molar-refractivity contribution in [2.24, 2.45) is 12.9 Å². The van der Waals surface area contributed by atoms with Crippen molar-refractivity contribution in [1.29, 1.82) is 0 Å². The Morgan fingerprint density at radius 2 is 2.06 bits per heavy atom. The first-order valence-electron chi connectivity index (χ1n) is 5.33. The fourth-order valence-electron chi connectivity index (χ4n) is 1.77. The molecule has 1 aromatic heterocycles. The van der Waals surface area contributed by atoms with E-state index in [9.17, 15) is 0 Å². The van der Waals surface area contributed by atoms with Gasteiger partial charge in [-0.1, -0.05) is 12.1 Å². The summed E-state index contributed by atoms with van der Waals surface area (Å²) < 4.78 is 7.06. The minimum absolute atomic E-state index is 0.124. The molecule has 1 atom stereocenters. The quantitative estimate of drug-likeness (QED) is 0.609. The van der Waals surface area contributed by atoms with Gasteiger partial charge in [-0.2, -0.15) is 0 Å². The summed E-state index contributed by atoms with van der Waals surface area (Å²) in [5.41, 5.74) is 3.82. The maximum absolute atomic E-state index is 5.60. The predicted molar refractivity (Wildman–Crippen MR) is 65.4 cm³/mol. The summed E-state index contributed by atoms with van der Waals surface area (Å²) in [4.78, 5) is 4.30. The Bertz CT molecular complexity index is 478. The van der Waals surface area contributed by atoms with Gasteiger partial charge in [-0.3, -0.25) is 5.84 Å². The third-order valence-electron chi connectivity index (χ3n) is 2.73. The van der Waals surface area contributed by atoms with Crippen LogP contribution in [0.15, 0.2) is 36.7 Å². The number of hydrogen-bond donors (Lipinski definition) is 2. The van der Waals surface area contributed by atoms with E-state index in [0.29, 0.717) is 0 Å². The second kappa shape index (κ2) is 4.99. The number of hydrazine groups is 1. The van der Waals surface area contributed by atoms with Crippen LogP contribution in [0, 0.1) is 0 Å². The molecule has 0 bridgehead atoms. The van der Waals surface area contributed by atoms with Crippen LogP contribution in [0.2, 0.25) is 0 Å². The van der Waals surface area contributed by atoms with Crippen molar-refractivity contribution in [3.8, 4) is 5.75 Å². The number of rotatable bonds is 4. The highest BCUT2D eigenvalue weighted by molar-refractivity contribution is 5.31. The van der Waals surface area contributed by atoms with Crippen LogP contribution in [0.3, 0.4) is 0 Å². The van der Waals surface area contributed by atoms with Crippen molar-refractivity contribution in [2.75, 3.05) is 7.11 Å². The molecule has 1 heterocycles. The van der Waals surface area contributed by atoms with Gasteiger partial charge in [0.2, 0.25) is 0 Å². The Hall–Kier alpha value is -1.85. The largest absolute Gasteiger partial charge is 0.497 e. The van der Waals surface area contributed by atoms with E-state index in [1.807, 2.05) is 42.1 Å². The molecule has 0 spiro atoms. The predicted octanol–water partition coefficient (Wildman–Crippen LogP) is 0.981. The summed E-state index contributed by atoms with van der Waals surface area (Å²) in [6.45, 7) is 0. The highest BCUT2D eigenvalue weighted by atomic mass is 16.5. The monoisotopic (exact) mass is 232 g/mol. The van der Waals surface area contributed by atoms with Gasteiger partial charge in [0, 0.05) is 19.4 Å². The average Bonchev–Trinajstić information content (AvgIpc) is 2.78. The van der Waals surface area contributed by atoms with Crippen LogP contribution in [0.1, 0.15) is 17.4 Å². The molecular formula is C12H16N4O. The molecule has 0 aliphatic heterocycles. The Kier molecular flexibility index (Phi) is 3.41. The molecule has 0 fully saturated rings. The summed E-state index contributed by atoms with van der Waals surface area (Å²) in [6.07, 6.45) is 3.65. The molecule has 3 N–H and O–H groups in total. The zero-order valence-corrected chi connectivity index (χ0v) is 9.92. The number of nitrogens with two attached hydrogens (primary N) is 1. The van der Waals surface area contributed by atoms with Crippen LogP contribution in [0.5, 0.6) is 5.75 Å². The lowest BCUT2D eigenvalue weighted by atomic mass is 10.1. The standard InChI is InChI=1S/C12H16N4O/c1-16-8-7-14-12(16)11(15-13)9-3-5-10(17-2)6-4-9/h3-8,11,15H,13H2,1-2H3. The Labute approximate surface area is 100 Å². The molecular weight excluding hydrogens is 216 g/mol. The van der Waals surface area contributed by atoms with E-state index >= 15 is 0 Å². The summed E-state index contributed by atoms with van der Waals surface area (Å²) in [7, 11) is 3.59. The third kappa shape index (κ3) is 2.30. The minimum Gasteiger partial charge on any atom is -0.497 e. The number of nitrogens with one attached hydrogen (secondary N) is 1. The van der Waals surface area contributed by atoms with Gasteiger partial charge >= 0.3 is 0 Å². The molecule has 0 aliphatic rings. The summed E-state index contributed by atoms with van der Waals surface area (Å²) in [5, 5.41) is 0. The molecule has 2 rings (SSSR count). The van der Waals surface area contributed by atoms with Crippen LogP contribution < -0.4 is 16.0 Å². The Morgan fingerprint density at radius 3 is 2.53 bits per heavy atom. The van der Waals surface area contributed by atoms with Gasteiger partial charge in [0.05, 0.1) is 7.11 Å². The Morgan fingerprint density at radius 1 is 1.35 bits per heavy atom. The number of aryl methyl sites for hydroxylation is 1. The van der Waals surface area contributed by atoms with E-state index < -0.39 is 0 Å². The minimum atomic E-state index is -0.124. The zero-order valence-electron chi connectivity index (χ0n) is 9.92. The third-order valence-corrected chi connectivity index (χ3v) is 2.73. The first kappa shape index (κ1) is 11.6. The number of hydrogen-bond acceptors (Lipinski definition) is 4. The average molecular weight is 232 g/mol. The first-order valence-corrected chi connectivity index (χ1v) is 5.33. The van der Waals surface area contributed by atoms with E-state index in [1.165, 1.54) is 0 Å². The summed E-state index contributed by atoms with van der Waals surface area (Å²) in [6, 6.07) is 7.63. The summed E-state index contributed by atoms with van der Waals surface area (Å²) in [5.74, 6) is 7.30. The number of aromatic nitrogens is 2. The molecule has 90 valence electrons. The van der Waals surface area contributed by atoms with Crippen LogP contribution >= 0.6 is 0 Å². The van der Waals surface area contributed by atoms with Gasteiger partial charge in [0.25, 0.3) is 0 Å². The fraction of sp³-hybridized carbons (Fsp3) is 0.250. The highest BCUT2D eigenvalue weighted by Crippen LogP contribution is 2.21. The number of benzene rings is 1. The van der Waals surface area contributed by atoms with Gasteiger partial charge in [0.15, 0.2) is 0 Å². The normalized spacial score (nSPS) is 12.4. The lowest BCUT2D eigenvalue weighted by Gasteiger charge is -2.16. The van der Waals surface area contributed by atoms with E-state index in [0.717, 1.165) is 17.1 Å². The van der Waals surface area contributed by atoms with Gasteiger partial charge < -0.3 is 9.30 Å². The van der Waals surface area contributed by atoms with E-state index in [2.05, 4.69) is 10.4 Å². The molecule has 2 aromatic rings. The lowest BCUT2D eigenvalue weighted by Crippen LogP contribution is -2.30. The van der Waals surface area contributed by atoms with Gasteiger partial charge in [-0.25, -0.2) is 10.4 Å². The molecule has 0 saturated heterocycles. The fourth-order valence-corrected chi connectivity index (χ4v) is 1.77. The number of methoxy groups -OCH3 is 1. The molecule has 0 aliphatic carbocycles. The van der Waals surface area contributed by atoms with Crippen molar-refractivity contribution in [2.45, 2.75) is 6.04 Å². The van der Waals surface area contributed by atoms with Crippen molar-refractivity contribution in [3.05, 3.63) is 48.0 Å². The van der Waals surface area contributed by atoms with Crippen LogP contribution in [-0.4, -0.2) is 16.7 Å². The van der Waals surface area contributed by atoms with Crippen molar-refractivity contribution in [1.82, 2.24) is 15.0 Å². The van der Waals surface area contributed by atoms with Gasteiger partial charge in [-0.05, 0) is 17.7 Å². The maximum atomic E-state index is 5.60. The first-order chi connectivity index (χ1) is 8.26. The molecule has 0 amide bonds. The van der Waals surface area contributed by atoms with Gasteiger partial charge in [0.1, 0.15) is 17.6 Å². The molecule has 1 aromatic carbocycles. The maximum Gasteiger partial charge on any atom is 0.131 e. The SMILES string of the molecule is COc1ccc(C(NN)c2nccn2C)cc1. The lowest BCUT2D eigenvalue weighted by molar-refractivity contribution is 0.414. The van der Waals surface area contributed by atoms with Crippen molar-refractivity contribution in [3.63, 3.8) is 0 Å². The molecule has 17 heavy (non-hydrogen) atoms. The zero-order chi connectivity index (χ0) is 12.3. The van der Waals surface area contributed by atoms with E-state index in [-0.39, 0.29) is 6.04 Å².